The number of amides is 1. The van der Waals surface area contributed by atoms with Gasteiger partial charge in [0.1, 0.15) is 22.9 Å². The van der Waals surface area contributed by atoms with Crippen LogP contribution < -0.4 is 19.6 Å². The molecule has 172 valence electrons. The quantitative estimate of drug-likeness (QED) is 0.383. The third-order valence-electron chi connectivity index (χ3n) is 4.28. The van der Waals surface area contributed by atoms with E-state index in [9.17, 15) is 4.79 Å². The van der Waals surface area contributed by atoms with E-state index in [1.807, 2.05) is 70.2 Å². The fourth-order valence-corrected chi connectivity index (χ4v) is 2.95. The minimum Gasteiger partial charge on any atom is -0.497 e. The van der Waals surface area contributed by atoms with Crippen LogP contribution in [0.15, 0.2) is 60.0 Å². The van der Waals surface area contributed by atoms with Gasteiger partial charge in [0.15, 0.2) is 0 Å². The van der Waals surface area contributed by atoms with E-state index in [2.05, 4.69) is 20.5 Å². The van der Waals surface area contributed by atoms with Crippen molar-refractivity contribution in [2.75, 3.05) is 7.11 Å². The number of nitrogens with zero attached hydrogens (tertiary/aromatic N) is 3. The maximum absolute atomic E-state index is 12.5. The van der Waals surface area contributed by atoms with E-state index in [1.165, 1.54) is 12.4 Å². The van der Waals surface area contributed by atoms with Gasteiger partial charge < -0.3 is 14.2 Å². The van der Waals surface area contributed by atoms with Gasteiger partial charge in [-0.15, -0.1) is 0 Å². The van der Waals surface area contributed by atoms with Gasteiger partial charge in [0, 0.05) is 17.2 Å². The van der Waals surface area contributed by atoms with E-state index in [-0.39, 0.29) is 17.9 Å². The zero-order chi connectivity index (χ0) is 23.8. The first-order chi connectivity index (χ1) is 15.8. The van der Waals surface area contributed by atoms with Crippen LogP contribution in [-0.4, -0.2) is 41.4 Å². The van der Waals surface area contributed by atoms with Crippen molar-refractivity contribution < 1.29 is 19.0 Å². The molecule has 0 fully saturated rings. The summed E-state index contributed by atoms with van der Waals surface area (Å²) in [6.07, 6.45) is 4.54. The molecular weight excluding hydrogens is 420 g/mol. The molecule has 0 radical (unpaired) electrons. The number of nitrogens with one attached hydrogen (secondary N) is 1. The first-order valence-electron chi connectivity index (χ1n) is 10.6. The van der Waals surface area contributed by atoms with Gasteiger partial charge in [0.2, 0.25) is 0 Å². The second-order valence-corrected chi connectivity index (χ2v) is 7.79. The Balaban J connectivity index is 1.73. The molecule has 0 bridgehead atoms. The van der Waals surface area contributed by atoms with Gasteiger partial charge in [-0.1, -0.05) is 0 Å². The van der Waals surface area contributed by atoms with Crippen molar-refractivity contribution in [2.45, 2.75) is 39.9 Å². The van der Waals surface area contributed by atoms with E-state index in [1.54, 1.807) is 13.3 Å². The molecule has 1 heterocycles. The average Bonchev–Trinajstić information content (AvgIpc) is 2.78. The Morgan fingerprint density at radius 3 is 2.15 bits per heavy atom. The highest BCUT2D eigenvalue weighted by molar-refractivity contribution is 5.93. The predicted octanol–water partition coefficient (Wildman–Crippen LogP) is 4.49. The van der Waals surface area contributed by atoms with Crippen LogP contribution in [0.25, 0.3) is 11.3 Å². The summed E-state index contributed by atoms with van der Waals surface area (Å²) in [7, 11) is 1.60. The molecule has 0 aliphatic rings. The smallest absolute Gasteiger partial charge is 0.291 e. The number of hydrogen-bond acceptors (Lipinski definition) is 7. The minimum atomic E-state index is -0.470. The van der Waals surface area contributed by atoms with Crippen molar-refractivity contribution >= 4 is 12.1 Å². The van der Waals surface area contributed by atoms with Crippen molar-refractivity contribution in [2.24, 2.45) is 5.10 Å². The fraction of sp³-hybridized carbons (Fsp3) is 0.280. The summed E-state index contributed by atoms with van der Waals surface area (Å²) in [6, 6.07) is 12.8. The lowest BCUT2D eigenvalue weighted by Gasteiger charge is -2.14. The van der Waals surface area contributed by atoms with Crippen LogP contribution in [-0.2, 0) is 0 Å². The van der Waals surface area contributed by atoms with Crippen LogP contribution in [0.2, 0.25) is 0 Å². The molecule has 8 nitrogen and oxygen atoms in total. The Morgan fingerprint density at radius 1 is 0.939 bits per heavy atom. The zero-order valence-electron chi connectivity index (χ0n) is 19.4. The van der Waals surface area contributed by atoms with Crippen LogP contribution >= 0.6 is 0 Å². The first-order valence-corrected chi connectivity index (χ1v) is 10.6. The van der Waals surface area contributed by atoms with E-state index >= 15 is 0 Å². The van der Waals surface area contributed by atoms with Gasteiger partial charge in [0.25, 0.3) is 5.91 Å². The molecule has 0 saturated carbocycles. The van der Waals surface area contributed by atoms with Crippen molar-refractivity contribution in [1.82, 2.24) is 15.4 Å². The second kappa shape index (κ2) is 11.1. The summed E-state index contributed by atoms with van der Waals surface area (Å²) in [4.78, 5) is 21.1. The molecule has 0 aliphatic heterocycles. The Labute approximate surface area is 193 Å². The van der Waals surface area contributed by atoms with Crippen molar-refractivity contribution in [3.05, 3.63) is 66.1 Å². The van der Waals surface area contributed by atoms with Gasteiger partial charge in [-0.3, -0.25) is 9.78 Å². The lowest BCUT2D eigenvalue weighted by Crippen LogP contribution is -2.19. The number of hydrogen-bond donors (Lipinski definition) is 1. The SMILES string of the molecule is COc1ccc(-c2cncc(C(=O)NN=Cc3cc(OC(C)C)cc(OC(C)C)c3)n2)cc1. The highest BCUT2D eigenvalue weighted by Crippen LogP contribution is 2.24. The van der Waals surface area contributed by atoms with Crippen LogP contribution in [0.3, 0.4) is 0 Å². The maximum Gasteiger partial charge on any atom is 0.291 e. The van der Waals surface area contributed by atoms with Crippen LogP contribution in [0.1, 0.15) is 43.7 Å². The number of carbonyl (C=O) groups excluding carboxylic acids is 1. The van der Waals surface area contributed by atoms with Crippen molar-refractivity contribution in [1.29, 1.82) is 0 Å². The number of ether oxygens (including phenoxy) is 3. The first kappa shape index (κ1) is 23.7. The summed E-state index contributed by atoms with van der Waals surface area (Å²) in [6.45, 7) is 7.80. The number of benzene rings is 2. The predicted molar refractivity (Wildman–Crippen MR) is 127 cm³/mol. The number of aromatic nitrogens is 2. The zero-order valence-corrected chi connectivity index (χ0v) is 19.4. The molecule has 1 N–H and O–H groups in total. The number of carbonyl (C=O) groups is 1. The van der Waals surface area contributed by atoms with Crippen LogP contribution in [0, 0.1) is 0 Å². The molecule has 0 atom stereocenters. The van der Waals surface area contributed by atoms with Gasteiger partial charge >= 0.3 is 0 Å². The van der Waals surface area contributed by atoms with E-state index in [0.29, 0.717) is 17.2 Å². The summed E-state index contributed by atoms with van der Waals surface area (Å²) in [5.41, 5.74) is 4.76. The third kappa shape index (κ3) is 7.03. The van der Waals surface area contributed by atoms with Crippen molar-refractivity contribution in [3.63, 3.8) is 0 Å². The van der Waals surface area contributed by atoms with Crippen LogP contribution in [0.4, 0.5) is 0 Å². The molecule has 3 aromatic rings. The fourth-order valence-electron chi connectivity index (χ4n) is 2.95. The molecule has 3 rings (SSSR count). The molecule has 0 saturated heterocycles. The lowest BCUT2D eigenvalue weighted by atomic mass is 10.1. The Kier molecular flexibility index (Phi) is 7.96. The monoisotopic (exact) mass is 448 g/mol. The Bertz CT molecular complexity index is 1080. The normalized spacial score (nSPS) is 11.1. The maximum atomic E-state index is 12.5. The van der Waals surface area contributed by atoms with Gasteiger partial charge in [0.05, 0.1) is 43.6 Å². The summed E-state index contributed by atoms with van der Waals surface area (Å²) < 4.78 is 16.7. The molecular formula is C25H28N4O4. The highest BCUT2D eigenvalue weighted by Gasteiger charge is 2.10. The second-order valence-electron chi connectivity index (χ2n) is 7.79. The molecule has 0 unspecified atom stereocenters. The topological polar surface area (TPSA) is 94.9 Å². The number of hydrazone groups is 1. The van der Waals surface area contributed by atoms with Gasteiger partial charge in [-0.2, -0.15) is 5.10 Å². The molecule has 1 aromatic heterocycles. The molecule has 0 aliphatic carbocycles. The number of methoxy groups -OCH3 is 1. The summed E-state index contributed by atoms with van der Waals surface area (Å²) >= 11 is 0. The largest absolute Gasteiger partial charge is 0.497 e. The Hall–Kier alpha value is -3.94. The summed E-state index contributed by atoms with van der Waals surface area (Å²) in [5, 5.41) is 4.06. The van der Waals surface area contributed by atoms with Gasteiger partial charge in [-0.05, 0) is 64.1 Å². The van der Waals surface area contributed by atoms with Crippen molar-refractivity contribution in [3.8, 4) is 28.5 Å². The average molecular weight is 449 g/mol. The molecule has 0 spiro atoms. The van der Waals surface area contributed by atoms with Gasteiger partial charge in [-0.25, -0.2) is 10.4 Å². The molecule has 2 aromatic carbocycles. The molecule has 8 heteroatoms. The highest BCUT2D eigenvalue weighted by atomic mass is 16.5. The third-order valence-corrected chi connectivity index (χ3v) is 4.28. The minimum absolute atomic E-state index is 0.0142. The summed E-state index contributed by atoms with van der Waals surface area (Å²) in [5.74, 6) is 1.59. The van der Waals surface area contributed by atoms with E-state index in [4.69, 9.17) is 14.2 Å². The number of rotatable bonds is 9. The van der Waals surface area contributed by atoms with Crippen LogP contribution in [0.5, 0.6) is 17.2 Å². The lowest BCUT2D eigenvalue weighted by molar-refractivity contribution is 0.0950. The van der Waals surface area contributed by atoms with E-state index < -0.39 is 5.91 Å². The van der Waals surface area contributed by atoms with E-state index in [0.717, 1.165) is 16.9 Å². The Morgan fingerprint density at radius 2 is 1.58 bits per heavy atom. The standard InChI is InChI=1S/C25H28N4O4/c1-16(2)32-21-10-18(11-22(12-21)33-17(3)4)13-27-29-25(30)24-15-26-14-23(28-24)19-6-8-20(31-5)9-7-19/h6-17H,1-5H3,(H,29,30). The molecule has 33 heavy (non-hydrogen) atoms. The molecule has 1 amide bonds.